The van der Waals surface area contributed by atoms with Crippen LogP contribution < -0.4 is 5.73 Å². The number of halogens is 4. The van der Waals surface area contributed by atoms with Crippen LogP contribution in [0.25, 0.3) is 0 Å². The van der Waals surface area contributed by atoms with E-state index >= 15 is 0 Å². The number of nitrogens with zero attached hydrogens (tertiary/aromatic N) is 1. The van der Waals surface area contributed by atoms with Gasteiger partial charge in [0, 0.05) is 17.0 Å². The monoisotopic (exact) mass is 372 g/mol. The molecule has 0 saturated carbocycles. The third-order valence-corrected chi connectivity index (χ3v) is 4.84. The molecule has 0 amide bonds. The van der Waals surface area contributed by atoms with Gasteiger partial charge in [0.2, 0.25) is 0 Å². The summed E-state index contributed by atoms with van der Waals surface area (Å²) in [7, 11) is 0. The Morgan fingerprint density at radius 2 is 1.95 bits per heavy atom. The highest BCUT2D eigenvalue weighted by Gasteiger charge is 2.38. The zero-order chi connectivity index (χ0) is 15.5. The normalized spacial score (nSPS) is 15.9. The molecule has 1 heterocycles. The van der Waals surface area contributed by atoms with Gasteiger partial charge < -0.3 is 5.73 Å². The molecule has 1 aromatic heterocycles. The topological polar surface area (TPSA) is 29.3 Å². The summed E-state index contributed by atoms with van der Waals surface area (Å²) in [6, 6.07) is 2.71. The second-order valence-electron chi connectivity index (χ2n) is 5.04. The van der Waals surface area contributed by atoms with Crippen molar-refractivity contribution >= 4 is 27.3 Å². The van der Waals surface area contributed by atoms with E-state index in [1.807, 2.05) is 19.1 Å². The molecule has 0 aliphatic rings. The van der Waals surface area contributed by atoms with Gasteiger partial charge in [-0.3, -0.25) is 4.90 Å². The van der Waals surface area contributed by atoms with Crippen molar-refractivity contribution in [3.63, 3.8) is 0 Å². The van der Waals surface area contributed by atoms with E-state index in [2.05, 4.69) is 15.9 Å². The van der Waals surface area contributed by atoms with Crippen LogP contribution in [0.1, 0.15) is 38.1 Å². The molecule has 1 aromatic rings. The molecule has 2 unspecified atom stereocenters. The first-order valence-electron chi connectivity index (χ1n) is 6.49. The van der Waals surface area contributed by atoms with Gasteiger partial charge >= 0.3 is 6.18 Å². The molecule has 20 heavy (non-hydrogen) atoms. The molecule has 0 spiro atoms. The van der Waals surface area contributed by atoms with Crippen LogP contribution in [-0.4, -0.2) is 29.7 Å². The quantitative estimate of drug-likeness (QED) is 0.792. The Bertz CT molecular complexity index is 420. The Morgan fingerprint density at radius 3 is 2.30 bits per heavy atom. The maximum atomic E-state index is 12.8. The summed E-state index contributed by atoms with van der Waals surface area (Å²) in [5, 5.41) is 0. The van der Waals surface area contributed by atoms with E-state index in [-0.39, 0.29) is 12.1 Å². The van der Waals surface area contributed by atoms with Crippen LogP contribution in [0.15, 0.2) is 15.9 Å². The summed E-state index contributed by atoms with van der Waals surface area (Å²) < 4.78 is 39.4. The number of nitrogens with two attached hydrogens (primary N) is 1. The highest BCUT2D eigenvalue weighted by molar-refractivity contribution is 9.11. The SMILES string of the molecule is CCC(N)C(c1ccc(Br)s1)N(CC(F)(F)F)C(C)C. The molecule has 0 saturated heterocycles. The first-order valence-corrected chi connectivity index (χ1v) is 8.10. The lowest BCUT2D eigenvalue weighted by atomic mass is 10.0. The van der Waals surface area contributed by atoms with Crippen LogP contribution in [0.5, 0.6) is 0 Å². The van der Waals surface area contributed by atoms with E-state index in [1.165, 1.54) is 16.2 Å². The van der Waals surface area contributed by atoms with E-state index in [0.717, 1.165) is 8.66 Å². The van der Waals surface area contributed by atoms with Gasteiger partial charge in [-0.15, -0.1) is 11.3 Å². The minimum atomic E-state index is -4.23. The first kappa shape index (κ1) is 17.9. The van der Waals surface area contributed by atoms with Crippen molar-refractivity contribution < 1.29 is 13.2 Å². The smallest absolute Gasteiger partial charge is 0.326 e. The molecule has 2 N–H and O–H groups in total. The summed E-state index contributed by atoms with van der Waals surface area (Å²) in [5.74, 6) is 0. The Balaban J connectivity index is 3.12. The molecule has 0 radical (unpaired) electrons. The maximum absolute atomic E-state index is 12.8. The number of hydrogen-bond acceptors (Lipinski definition) is 3. The predicted molar refractivity (Wildman–Crippen MR) is 80.9 cm³/mol. The molecule has 0 fully saturated rings. The van der Waals surface area contributed by atoms with Crippen LogP contribution in [-0.2, 0) is 0 Å². The number of thiophene rings is 1. The number of hydrogen-bond donors (Lipinski definition) is 1. The van der Waals surface area contributed by atoms with E-state index in [4.69, 9.17) is 5.73 Å². The molecule has 116 valence electrons. The predicted octanol–water partition coefficient (Wildman–Crippen LogP) is 4.56. The van der Waals surface area contributed by atoms with Gasteiger partial charge in [-0.05, 0) is 48.3 Å². The van der Waals surface area contributed by atoms with Gasteiger partial charge in [0.15, 0.2) is 0 Å². The lowest BCUT2D eigenvalue weighted by Crippen LogP contribution is -2.47. The van der Waals surface area contributed by atoms with E-state index < -0.39 is 18.8 Å². The lowest BCUT2D eigenvalue weighted by Gasteiger charge is -2.38. The molecule has 1 rings (SSSR count). The van der Waals surface area contributed by atoms with Crippen molar-refractivity contribution in [1.82, 2.24) is 4.90 Å². The number of rotatable bonds is 6. The van der Waals surface area contributed by atoms with Gasteiger partial charge in [-0.25, -0.2) is 0 Å². The third kappa shape index (κ3) is 5.02. The van der Waals surface area contributed by atoms with Gasteiger partial charge in [-0.1, -0.05) is 6.92 Å². The zero-order valence-corrected chi connectivity index (χ0v) is 14.1. The van der Waals surface area contributed by atoms with Crippen LogP contribution in [0.4, 0.5) is 13.2 Å². The highest BCUT2D eigenvalue weighted by atomic mass is 79.9. The van der Waals surface area contributed by atoms with Crippen LogP contribution in [0, 0.1) is 0 Å². The van der Waals surface area contributed by atoms with E-state index in [1.54, 1.807) is 13.8 Å². The molecule has 0 aliphatic heterocycles. The minimum absolute atomic E-state index is 0.236. The Labute approximate surface area is 130 Å². The molecular formula is C13H20BrF3N2S. The second-order valence-corrected chi connectivity index (χ2v) is 7.53. The fourth-order valence-corrected chi connectivity index (χ4v) is 3.76. The Kier molecular flexibility index (Phi) is 6.50. The van der Waals surface area contributed by atoms with Crippen molar-refractivity contribution in [2.75, 3.05) is 6.54 Å². The Morgan fingerprint density at radius 1 is 1.35 bits per heavy atom. The zero-order valence-electron chi connectivity index (χ0n) is 11.7. The average molecular weight is 373 g/mol. The fraction of sp³-hybridized carbons (Fsp3) is 0.692. The van der Waals surface area contributed by atoms with Crippen LogP contribution in [0.3, 0.4) is 0 Å². The van der Waals surface area contributed by atoms with Crippen molar-refractivity contribution in [2.24, 2.45) is 5.73 Å². The standard InChI is InChI=1S/C13H20BrF3N2S/c1-4-9(18)12(10-5-6-11(14)20-10)19(8(2)3)7-13(15,16)17/h5-6,8-9,12H,4,7,18H2,1-3H3. The molecule has 2 atom stereocenters. The maximum Gasteiger partial charge on any atom is 0.401 e. The molecule has 0 bridgehead atoms. The van der Waals surface area contributed by atoms with E-state index in [0.29, 0.717) is 6.42 Å². The summed E-state index contributed by atoms with van der Waals surface area (Å²) in [6.45, 7) is 4.48. The minimum Gasteiger partial charge on any atom is -0.326 e. The summed E-state index contributed by atoms with van der Waals surface area (Å²) in [5.41, 5.74) is 6.10. The fourth-order valence-electron chi connectivity index (χ4n) is 2.14. The van der Waals surface area contributed by atoms with E-state index in [9.17, 15) is 13.2 Å². The van der Waals surface area contributed by atoms with Crippen molar-refractivity contribution in [2.45, 2.75) is 51.5 Å². The summed E-state index contributed by atoms with van der Waals surface area (Å²) >= 11 is 4.79. The Hall–Kier alpha value is -0.110. The molecule has 7 heteroatoms. The molecule has 0 aromatic carbocycles. The largest absolute Gasteiger partial charge is 0.401 e. The van der Waals surface area contributed by atoms with Crippen molar-refractivity contribution in [3.05, 3.63) is 20.8 Å². The second kappa shape index (κ2) is 7.24. The summed E-state index contributed by atoms with van der Waals surface area (Å²) in [4.78, 5) is 2.30. The van der Waals surface area contributed by atoms with Gasteiger partial charge in [0.1, 0.15) is 0 Å². The third-order valence-electron chi connectivity index (χ3n) is 3.14. The molecule has 0 aliphatic carbocycles. The number of alkyl halides is 3. The van der Waals surface area contributed by atoms with Gasteiger partial charge in [0.05, 0.1) is 16.4 Å². The molecule has 2 nitrogen and oxygen atoms in total. The first-order chi connectivity index (χ1) is 9.15. The highest BCUT2D eigenvalue weighted by Crippen LogP contribution is 2.36. The van der Waals surface area contributed by atoms with Crippen molar-refractivity contribution in [3.8, 4) is 0 Å². The van der Waals surface area contributed by atoms with Crippen molar-refractivity contribution in [1.29, 1.82) is 0 Å². The molecular weight excluding hydrogens is 353 g/mol. The van der Waals surface area contributed by atoms with Gasteiger partial charge in [-0.2, -0.15) is 13.2 Å². The summed E-state index contributed by atoms with van der Waals surface area (Å²) in [6.07, 6.45) is -3.61. The average Bonchev–Trinajstić information content (AvgIpc) is 2.72. The van der Waals surface area contributed by atoms with Crippen LogP contribution >= 0.6 is 27.3 Å². The van der Waals surface area contributed by atoms with Gasteiger partial charge in [0.25, 0.3) is 0 Å². The lowest BCUT2D eigenvalue weighted by molar-refractivity contribution is -0.156. The van der Waals surface area contributed by atoms with Crippen LogP contribution in [0.2, 0.25) is 0 Å².